The molecule has 0 saturated carbocycles. The van der Waals surface area contributed by atoms with Crippen LogP contribution in [-0.2, 0) is 5.41 Å². The third kappa shape index (κ3) is 4.84. The highest BCUT2D eigenvalue weighted by Crippen LogP contribution is 2.50. The van der Waals surface area contributed by atoms with Crippen molar-refractivity contribution in [1.82, 2.24) is 4.57 Å². The van der Waals surface area contributed by atoms with E-state index >= 15 is 0 Å². The maximum absolute atomic E-state index is 6.48. The molecule has 0 amide bonds. The third-order valence-electron chi connectivity index (χ3n) is 14.3. The van der Waals surface area contributed by atoms with E-state index in [9.17, 15) is 0 Å². The molecule has 0 bridgehead atoms. The second-order valence-electron chi connectivity index (χ2n) is 18.0. The first kappa shape index (κ1) is 34.7. The molecule has 11 aromatic carbocycles. The van der Waals surface area contributed by atoms with Gasteiger partial charge in [-0.25, -0.2) is 0 Å². The van der Waals surface area contributed by atoms with Crippen molar-refractivity contribution in [3.8, 4) is 39.1 Å². The van der Waals surface area contributed by atoms with E-state index in [1.165, 1.54) is 109 Å². The second kappa shape index (κ2) is 12.6. The highest BCUT2D eigenvalue weighted by molar-refractivity contribution is 6.30. The smallest absolute Gasteiger partial charge is 0.135 e. The van der Waals surface area contributed by atoms with E-state index < -0.39 is 0 Å². The number of benzene rings is 11. The van der Waals surface area contributed by atoms with Crippen molar-refractivity contribution in [1.29, 1.82) is 0 Å². The van der Waals surface area contributed by atoms with Crippen molar-refractivity contribution in [2.75, 3.05) is 0 Å². The molecule has 0 fully saturated rings. The molecule has 1 aliphatic rings. The molecule has 0 saturated heterocycles. The summed E-state index contributed by atoms with van der Waals surface area (Å²) in [4.78, 5) is 0. The fourth-order valence-electron chi connectivity index (χ4n) is 11.3. The molecule has 0 aliphatic heterocycles. The van der Waals surface area contributed by atoms with E-state index in [1.54, 1.807) is 0 Å². The number of furan rings is 1. The van der Waals surface area contributed by atoms with Crippen LogP contribution < -0.4 is 0 Å². The Morgan fingerprint density at radius 2 is 0.889 bits per heavy atom. The molecule has 0 spiro atoms. The van der Waals surface area contributed by atoms with Crippen LogP contribution >= 0.6 is 0 Å². The zero-order valence-electron chi connectivity index (χ0n) is 34.9. The van der Waals surface area contributed by atoms with E-state index in [4.69, 9.17) is 4.42 Å². The lowest BCUT2D eigenvalue weighted by Crippen LogP contribution is -2.14. The lowest BCUT2D eigenvalue weighted by molar-refractivity contribution is 0.660. The standard InChI is InChI=1S/C61H39NO/c1-61(2)55-19-11-10-18-46(55)47-26-22-40(33-56(47)61)39-24-29-59-54(32-39)53-31-38(23-28-58(53)63-59)37-21-25-45-49(30-37)43-16-8-9-17-44(43)50-34-52-48-27-20-36-12-6-7-15-42(36)60(48)62(57(52)35-51(45)50)41-13-4-3-5-14-41/h3-35H,1-2H3. The van der Waals surface area contributed by atoms with Gasteiger partial charge in [0.25, 0.3) is 0 Å². The lowest BCUT2D eigenvalue weighted by atomic mass is 9.81. The number of hydrogen-bond acceptors (Lipinski definition) is 1. The molecule has 1 aliphatic carbocycles. The van der Waals surface area contributed by atoms with Crippen LogP contribution in [0.25, 0.3) is 126 Å². The zero-order chi connectivity index (χ0) is 41.6. The van der Waals surface area contributed by atoms with Crippen molar-refractivity contribution in [2.24, 2.45) is 0 Å². The molecule has 0 unspecified atom stereocenters. The number of fused-ring (bicyclic) bond motifs is 17. The Hall–Kier alpha value is -7.94. The number of aromatic nitrogens is 1. The largest absolute Gasteiger partial charge is 0.456 e. The lowest BCUT2D eigenvalue weighted by Gasteiger charge is -2.22. The summed E-state index contributed by atoms with van der Waals surface area (Å²) in [6, 6.07) is 74.3. The Morgan fingerprint density at radius 1 is 0.349 bits per heavy atom. The molecule has 0 atom stereocenters. The molecule has 63 heavy (non-hydrogen) atoms. The van der Waals surface area contributed by atoms with E-state index in [-0.39, 0.29) is 5.41 Å². The number of hydrogen-bond donors (Lipinski definition) is 0. The average molecular weight is 802 g/mol. The van der Waals surface area contributed by atoms with Crippen molar-refractivity contribution in [3.05, 3.63) is 211 Å². The van der Waals surface area contributed by atoms with Crippen molar-refractivity contribution in [2.45, 2.75) is 19.3 Å². The molecule has 2 nitrogen and oxygen atoms in total. The minimum Gasteiger partial charge on any atom is -0.456 e. The molecule has 2 aromatic heterocycles. The fourth-order valence-corrected chi connectivity index (χ4v) is 11.3. The summed E-state index contributed by atoms with van der Waals surface area (Å²) in [7, 11) is 0. The second-order valence-corrected chi connectivity index (χ2v) is 18.0. The van der Waals surface area contributed by atoms with Crippen LogP contribution in [0, 0.1) is 0 Å². The van der Waals surface area contributed by atoms with E-state index in [2.05, 4.69) is 219 Å². The monoisotopic (exact) mass is 801 g/mol. The van der Waals surface area contributed by atoms with E-state index in [1.807, 2.05) is 0 Å². The van der Waals surface area contributed by atoms with Crippen LogP contribution in [0.4, 0.5) is 0 Å². The van der Waals surface area contributed by atoms with Crippen LogP contribution in [0.3, 0.4) is 0 Å². The van der Waals surface area contributed by atoms with Gasteiger partial charge in [0.15, 0.2) is 0 Å². The summed E-state index contributed by atoms with van der Waals surface area (Å²) < 4.78 is 8.95. The SMILES string of the molecule is CC1(C)c2ccccc2-c2ccc(-c3ccc4oc5ccc(-c6ccc7c(c6)c6ccccc6c6cc8c9ccc%10ccccc%10c9n(-c9ccccc9)c8cc76)cc5c4c3)cc21. The Morgan fingerprint density at radius 3 is 1.65 bits per heavy atom. The normalized spacial score (nSPS) is 13.4. The molecule has 294 valence electrons. The molecular formula is C61H39NO. The van der Waals surface area contributed by atoms with Gasteiger partial charge >= 0.3 is 0 Å². The summed E-state index contributed by atoms with van der Waals surface area (Å²) in [6.07, 6.45) is 0. The molecule has 14 rings (SSSR count). The van der Waals surface area contributed by atoms with Crippen molar-refractivity contribution < 1.29 is 4.42 Å². The van der Waals surface area contributed by atoms with Gasteiger partial charge in [-0.1, -0.05) is 153 Å². The average Bonchev–Trinajstić information content (AvgIpc) is 3.95. The number of para-hydroxylation sites is 1. The molecular weight excluding hydrogens is 763 g/mol. The maximum Gasteiger partial charge on any atom is 0.135 e. The Bertz CT molecular complexity index is 4110. The quantitative estimate of drug-likeness (QED) is 0.163. The highest BCUT2D eigenvalue weighted by atomic mass is 16.3. The first-order valence-corrected chi connectivity index (χ1v) is 22.0. The van der Waals surface area contributed by atoms with Crippen LogP contribution in [0.1, 0.15) is 25.0 Å². The summed E-state index contributed by atoms with van der Waals surface area (Å²) in [5, 5.41) is 14.9. The first-order chi connectivity index (χ1) is 31.0. The van der Waals surface area contributed by atoms with Gasteiger partial charge in [-0.2, -0.15) is 0 Å². The van der Waals surface area contributed by atoms with Crippen molar-refractivity contribution in [3.63, 3.8) is 0 Å². The van der Waals surface area contributed by atoms with Gasteiger partial charge in [0.1, 0.15) is 11.2 Å². The van der Waals surface area contributed by atoms with Crippen LogP contribution in [0.5, 0.6) is 0 Å². The Kier molecular flexibility index (Phi) is 6.93. The molecule has 0 radical (unpaired) electrons. The molecule has 2 heterocycles. The Labute approximate surface area is 363 Å². The van der Waals surface area contributed by atoms with Crippen LogP contribution in [0.15, 0.2) is 205 Å². The molecule has 0 N–H and O–H groups in total. The summed E-state index contributed by atoms with van der Waals surface area (Å²) in [6.45, 7) is 4.69. The Balaban J connectivity index is 0.947. The summed E-state index contributed by atoms with van der Waals surface area (Å²) in [5.41, 5.74) is 15.6. The van der Waals surface area contributed by atoms with Gasteiger partial charge in [0, 0.05) is 38.0 Å². The first-order valence-electron chi connectivity index (χ1n) is 22.0. The van der Waals surface area contributed by atoms with Crippen LogP contribution in [-0.4, -0.2) is 4.57 Å². The predicted octanol–water partition coefficient (Wildman–Crippen LogP) is 16.9. The highest BCUT2D eigenvalue weighted by Gasteiger charge is 2.35. The minimum absolute atomic E-state index is 0.0511. The van der Waals surface area contributed by atoms with Gasteiger partial charge in [-0.3, -0.25) is 0 Å². The van der Waals surface area contributed by atoms with E-state index in [0.717, 1.165) is 27.6 Å². The number of nitrogens with zero attached hydrogens (tertiary/aromatic N) is 1. The molecule has 13 aromatic rings. The van der Waals surface area contributed by atoms with Gasteiger partial charge in [-0.05, 0) is 143 Å². The summed E-state index contributed by atoms with van der Waals surface area (Å²) in [5.74, 6) is 0. The minimum atomic E-state index is -0.0511. The topological polar surface area (TPSA) is 18.1 Å². The van der Waals surface area contributed by atoms with Gasteiger partial charge in [0.2, 0.25) is 0 Å². The number of rotatable bonds is 3. The maximum atomic E-state index is 6.48. The van der Waals surface area contributed by atoms with Gasteiger partial charge < -0.3 is 8.98 Å². The zero-order valence-corrected chi connectivity index (χ0v) is 34.9. The molecule has 2 heteroatoms. The van der Waals surface area contributed by atoms with Crippen LogP contribution in [0.2, 0.25) is 0 Å². The van der Waals surface area contributed by atoms with Gasteiger partial charge in [-0.15, -0.1) is 0 Å². The van der Waals surface area contributed by atoms with Gasteiger partial charge in [0.05, 0.1) is 11.0 Å². The van der Waals surface area contributed by atoms with E-state index in [0.29, 0.717) is 0 Å². The van der Waals surface area contributed by atoms with Crippen molar-refractivity contribution >= 4 is 86.8 Å². The fraction of sp³-hybridized carbons (Fsp3) is 0.0492. The summed E-state index contributed by atoms with van der Waals surface area (Å²) >= 11 is 0. The predicted molar refractivity (Wildman–Crippen MR) is 267 cm³/mol. The third-order valence-corrected chi connectivity index (χ3v) is 14.3.